The second-order valence-corrected chi connectivity index (χ2v) is 14.2. The molecule has 0 aromatic heterocycles. The van der Waals surface area contributed by atoms with Crippen molar-refractivity contribution in [2.75, 3.05) is 6.61 Å². The highest BCUT2D eigenvalue weighted by atomic mass is 16.6. The Morgan fingerprint density at radius 1 is 0.735 bits per heavy atom. The third-order valence-corrected chi connectivity index (χ3v) is 5.83. The minimum atomic E-state index is -1.28. The molecule has 0 heterocycles. The normalized spacial score (nSPS) is 12.7. The molecule has 0 aliphatic carbocycles. The smallest absolute Gasteiger partial charge is 0.413 e. The summed E-state index contributed by atoms with van der Waals surface area (Å²) < 4.78 is 26.5. The number of hydrogen-bond acceptors (Lipinski definition) is 11. The monoisotopic (exact) mass is 683 g/mol. The Kier molecular flexibility index (Phi) is 14.3. The van der Waals surface area contributed by atoms with Gasteiger partial charge in [0.25, 0.3) is 0 Å². The summed E-state index contributed by atoms with van der Waals surface area (Å²) >= 11 is 0. The van der Waals surface area contributed by atoms with Crippen LogP contribution < -0.4 is 15.4 Å². The Morgan fingerprint density at radius 2 is 1.31 bits per heavy atom. The van der Waals surface area contributed by atoms with Crippen LogP contribution in [-0.2, 0) is 35.0 Å². The van der Waals surface area contributed by atoms with Crippen molar-refractivity contribution in [1.82, 2.24) is 10.6 Å². The van der Waals surface area contributed by atoms with Gasteiger partial charge in [-0.1, -0.05) is 12.1 Å². The Bertz CT molecular complexity index is 1480. The van der Waals surface area contributed by atoms with E-state index >= 15 is 0 Å². The van der Waals surface area contributed by atoms with E-state index < -0.39 is 59.4 Å². The van der Waals surface area contributed by atoms with Crippen LogP contribution in [0.25, 0.3) is 0 Å². The second kappa shape index (κ2) is 17.5. The number of nitrogens with one attached hydrogen (secondary N) is 2. The lowest BCUT2D eigenvalue weighted by molar-refractivity contribution is -0.164. The number of amidine groups is 1. The Balaban J connectivity index is 1.84. The molecule has 13 heteroatoms. The lowest BCUT2D eigenvalue weighted by Crippen LogP contribution is -2.46. The first-order valence-electron chi connectivity index (χ1n) is 15.9. The van der Waals surface area contributed by atoms with Crippen molar-refractivity contribution in [3.63, 3.8) is 0 Å². The van der Waals surface area contributed by atoms with Crippen molar-refractivity contribution < 1.29 is 47.7 Å². The first-order chi connectivity index (χ1) is 22.6. The fourth-order valence-corrected chi connectivity index (χ4v) is 3.98. The van der Waals surface area contributed by atoms with Gasteiger partial charge in [0.2, 0.25) is 0 Å². The maximum atomic E-state index is 12.7. The lowest BCUT2D eigenvalue weighted by Gasteiger charge is -2.25. The number of amides is 2. The zero-order valence-corrected chi connectivity index (χ0v) is 30.1. The molecule has 0 saturated heterocycles. The van der Waals surface area contributed by atoms with E-state index in [1.165, 1.54) is 0 Å². The van der Waals surface area contributed by atoms with Crippen LogP contribution in [0.3, 0.4) is 0 Å². The number of esters is 3. The van der Waals surface area contributed by atoms with E-state index in [2.05, 4.69) is 15.6 Å². The van der Waals surface area contributed by atoms with Crippen molar-refractivity contribution in [2.45, 2.75) is 111 Å². The molecular formula is C36H49N3O10. The number of aliphatic imine (C=N–C) groups is 1. The maximum absolute atomic E-state index is 12.7. The number of nitrogens with zero attached hydrogens (tertiary/aromatic N) is 1. The Hall–Kier alpha value is -4.94. The van der Waals surface area contributed by atoms with Gasteiger partial charge in [-0.05, 0) is 124 Å². The highest BCUT2D eigenvalue weighted by Crippen LogP contribution is 2.19. The number of carbonyl (C=O) groups is 5. The molecule has 268 valence electrons. The zero-order chi connectivity index (χ0) is 37.0. The topological polar surface area (TPSA) is 168 Å². The standard InChI is InChI=1S/C36H49N3O10/c1-23(38-33(44)49-36(8,9)10)37-26-17-15-25(16-18-26)30(41)46-27-19-13-24(14-20-27)12-11-21-45-32(43)39-28(31(42)48-35(5,6)7)22-29(40)47-34(2,3)4/h13-20,28H,11-12,21-22H2,1-10H3,(H,39,43)(H,37,38,44)/t28-/m0/s1. The molecule has 0 fully saturated rings. The number of ether oxygens (including phenoxy) is 5. The first kappa shape index (κ1) is 40.2. The van der Waals surface area contributed by atoms with E-state index in [4.69, 9.17) is 23.7 Å². The second-order valence-electron chi connectivity index (χ2n) is 14.2. The predicted molar refractivity (Wildman–Crippen MR) is 183 cm³/mol. The molecule has 0 aliphatic heterocycles. The average molecular weight is 684 g/mol. The summed E-state index contributed by atoms with van der Waals surface area (Å²) in [5.74, 6) is -1.31. The van der Waals surface area contributed by atoms with Gasteiger partial charge in [-0.25, -0.2) is 24.2 Å². The van der Waals surface area contributed by atoms with Crippen LogP contribution in [0.4, 0.5) is 15.3 Å². The molecule has 2 rings (SSSR count). The highest BCUT2D eigenvalue weighted by molar-refractivity contribution is 5.95. The van der Waals surface area contributed by atoms with E-state index in [9.17, 15) is 24.0 Å². The molecule has 0 aliphatic rings. The Labute approximate surface area is 288 Å². The minimum Gasteiger partial charge on any atom is -0.460 e. The molecule has 0 bridgehead atoms. The lowest BCUT2D eigenvalue weighted by atomic mass is 10.1. The number of rotatable bonds is 11. The van der Waals surface area contributed by atoms with Gasteiger partial charge in [0, 0.05) is 0 Å². The summed E-state index contributed by atoms with van der Waals surface area (Å²) in [4.78, 5) is 66.3. The van der Waals surface area contributed by atoms with Gasteiger partial charge >= 0.3 is 30.1 Å². The van der Waals surface area contributed by atoms with Gasteiger partial charge in [0.1, 0.15) is 34.4 Å². The fourth-order valence-electron chi connectivity index (χ4n) is 3.98. The summed E-state index contributed by atoms with van der Waals surface area (Å²) in [7, 11) is 0. The van der Waals surface area contributed by atoms with E-state index in [-0.39, 0.29) is 6.61 Å². The molecule has 13 nitrogen and oxygen atoms in total. The summed E-state index contributed by atoms with van der Waals surface area (Å²) in [6.45, 7) is 17.1. The summed E-state index contributed by atoms with van der Waals surface area (Å²) in [5, 5.41) is 4.96. The number of benzene rings is 2. The first-order valence-corrected chi connectivity index (χ1v) is 15.9. The molecule has 0 radical (unpaired) electrons. The number of carbonyl (C=O) groups excluding carboxylic acids is 5. The molecule has 0 saturated carbocycles. The molecule has 0 spiro atoms. The van der Waals surface area contributed by atoms with Gasteiger partial charge in [-0.3, -0.25) is 10.1 Å². The van der Waals surface area contributed by atoms with E-state index in [1.54, 1.807) is 118 Å². The van der Waals surface area contributed by atoms with Gasteiger partial charge in [-0.15, -0.1) is 0 Å². The fraction of sp³-hybridized carbons (Fsp3) is 0.500. The zero-order valence-electron chi connectivity index (χ0n) is 30.1. The van der Waals surface area contributed by atoms with Gasteiger partial charge in [-0.2, -0.15) is 0 Å². The van der Waals surface area contributed by atoms with Crippen molar-refractivity contribution in [2.24, 2.45) is 4.99 Å². The van der Waals surface area contributed by atoms with E-state index in [1.807, 2.05) is 0 Å². The van der Waals surface area contributed by atoms with Crippen LogP contribution in [-0.4, -0.2) is 65.4 Å². The molecule has 0 unspecified atom stereocenters. The molecule has 2 aromatic rings. The largest absolute Gasteiger partial charge is 0.460 e. The predicted octanol–water partition coefficient (Wildman–Crippen LogP) is 6.58. The highest BCUT2D eigenvalue weighted by Gasteiger charge is 2.31. The summed E-state index contributed by atoms with van der Waals surface area (Å²) in [5.41, 5.74) is -0.461. The number of alkyl carbamates (subject to hydrolysis) is 2. The van der Waals surface area contributed by atoms with Crippen LogP contribution >= 0.6 is 0 Å². The summed E-state index contributed by atoms with van der Waals surface area (Å²) in [6.07, 6.45) is -0.864. The van der Waals surface area contributed by atoms with Crippen LogP contribution in [0.1, 0.15) is 98.0 Å². The van der Waals surface area contributed by atoms with Crippen LogP contribution in [0.2, 0.25) is 0 Å². The third kappa shape index (κ3) is 17.2. The molecule has 49 heavy (non-hydrogen) atoms. The molecule has 1 atom stereocenters. The maximum Gasteiger partial charge on any atom is 0.413 e. The quantitative estimate of drug-likeness (QED) is 0.0659. The van der Waals surface area contributed by atoms with Crippen LogP contribution in [0.15, 0.2) is 53.5 Å². The van der Waals surface area contributed by atoms with Gasteiger partial charge in [0.15, 0.2) is 0 Å². The molecule has 2 N–H and O–H groups in total. The molecule has 2 aromatic carbocycles. The number of hydrogen-bond donors (Lipinski definition) is 2. The minimum absolute atomic E-state index is 0.0483. The molecular weight excluding hydrogens is 634 g/mol. The SMILES string of the molecule is CC(=Nc1ccc(C(=O)Oc2ccc(CCCOC(=O)N[C@@H](CC(=O)OC(C)(C)C)C(=O)OC(C)(C)C)cc2)cc1)NC(=O)OC(C)(C)C. The average Bonchev–Trinajstić information content (AvgIpc) is 2.93. The molecule has 2 amide bonds. The summed E-state index contributed by atoms with van der Waals surface area (Å²) in [6, 6.07) is 12.0. The van der Waals surface area contributed by atoms with Crippen molar-refractivity contribution in [1.29, 1.82) is 0 Å². The Morgan fingerprint density at radius 3 is 1.86 bits per heavy atom. The van der Waals surface area contributed by atoms with Crippen LogP contribution in [0.5, 0.6) is 5.75 Å². The number of aryl methyl sites for hydroxylation is 1. The van der Waals surface area contributed by atoms with Gasteiger partial charge in [0.05, 0.1) is 24.3 Å². The third-order valence-electron chi connectivity index (χ3n) is 5.83. The van der Waals surface area contributed by atoms with Crippen molar-refractivity contribution in [3.05, 3.63) is 59.7 Å². The van der Waals surface area contributed by atoms with Gasteiger partial charge < -0.3 is 29.0 Å². The van der Waals surface area contributed by atoms with E-state index in [0.717, 1.165) is 5.56 Å². The van der Waals surface area contributed by atoms with Crippen molar-refractivity contribution in [3.8, 4) is 5.75 Å². The van der Waals surface area contributed by atoms with E-state index in [0.29, 0.717) is 35.7 Å². The van der Waals surface area contributed by atoms with Crippen molar-refractivity contribution >= 4 is 41.6 Å². The van der Waals surface area contributed by atoms with Crippen LogP contribution in [0, 0.1) is 0 Å².